The monoisotopic (exact) mass is 439 g/mol. The van der Waals surface area contributed by atoms with Crippen LogP contribution in [0.4, 0.5) is 0 Å². The molecule has 0 atom stereocenters. The Bertz CT molecular complexity index is 775. The largest absolute Gasteiger partial charge is 0.504 e. The number of rotatable bonds is 17. The third kappa shape index (κ3) is 11.7. The zero-order valence-corrected chi connectivity index (χ0v) is 19.6. The summed E-state index contributed by atoms with van der Waals surface area (Å²) >= 11 is 0. The maximum Gasteiger partial charge on any atom is 0.168 e. The van der Waals surface area contributed by atoms with E-state index < -0.39 is 0 Å². The second-order valence-electron chi connectivity index (χ2n) is 7.91. The van der Waals surface area contributed by atoms with E-state index in [1.807, 2.05) is 0 Å². The fraction of sp³-hybridized carbons (Fsp3) is 0.464. The molecule has 32 heavy (non-hydrogen) atoms. The maximum absolute atomic E-state index is 12.5. The van der Waals surface area contributed by atoms with E-state index in [4.69, 9.17) is 5.73 Å². The molecule has 176 valence electrons. The number of hydrogen-bond acceptors (Lipinski definition) is 4. The molecule has 1 rings (SSSR count). The van der Waals surface area contributed by atoms with Gasteiger partial charge < -0.3 is 15.9 Å². The van der Waals surface area contributed by atoms with Gasteiger partial charge in [0.15, 0.2) is 17.3 Å². The van der Waals surface area contributed by atoms with E-state index in [2.05, 4.69) is 55.5 Å². The lowest BCUT2D eigenvalue weighted by molar-refractivity contribution is 0.0976. The fourth-order valence-corrected chi connectivity index (χ4v) is 3.36. The van der Waals surface area contributed by atoms with Crippen molar-refractivity contribution in [2.45, 2.75) is 77.6 Å². The molecule has 0 aliphatic carbocycles. The van der Waals surface area contributed by atoms with Crippen LogP contribution in [0.2, 0.25) is 0 Å². The number of ketones is 1. The molecule has 0 bridgehead atoms. The van der Waals surface area contributed by atoms with Crippen molar-refractivity contribution in [2.24, 2.45) is 5.73 Å². The molecule has 0 saturated carbocycles. The highest BCUT2D eigenvalue weighted by atomic mass is 16.3. The second kappa shape index (κ2) is 18.0. The molecule has 0 unspecified atom stereocenters. The van der Waals surface area contributed by atoms with Crippen LogP contribution in [0.3, 0.4) is 0 Å². The van der Waals surface area contributed by atoms with Gasteiger partial charge in [0.05, 0.1) is 5.56 Å². The number of phenols is 2. The summed E-state index contributed by atoms with van der Waals surface area (Å²) in [4.78, 5) is 12.5. The van der Waals surface area contributed by atoms with E-state index in [-0.39, 0.29) is 22.8 Å². The molecule has 0 saturated heterocycles. The van der Waals surface area contributed by atoms with Gasteiger partial charge in [-0.3, -0.25) is 4.79 Å². The van der Waals surface area contributed by atoms with Crippen LogP contribution in [0.25, 0.3) is 0 Å². The van der Waals surface area contributed by atoms with Gasteiger partial charge in [0.1, 0.15) is 0 Å². The average Bonchev–Trinajstić information content (AvgIpc) is 2.78. The van der Waals surface area contributed by atoms with Crippen molar-refractivity contribution < 1.29 is 15.0 Å². The molecular formula is C28H41NO3. The average molecular weight is 440 g/mol. The second-order valence-corrected chi connectivity index (χ2v) is 7.91. The molecule has 0 radical (unpaired) electrons. The first-order valence-electron chi connectivity index (χ1n) is 12.0. The van der Waals surface area contributed by atoms with Gasteiger partial charge in [0.2, 0.25) is 0 Å². The molecule has 1 aromatic carbocycles. The molecule has 0 spiro atoms. The van der Waals surface area contributed by atoms with Crippen LogP contribution in [-0.2, 0) is 6.42 Å². The molecule has 0 heterocycles. The van der Waals surface area contributed by atoms with Crippen LogP contribution >= 0.6 is 0 Å². The van der Waals surface area contributed by atoms with Gasteiger partial charge in [0, 0.05) is 6.42 Å². The number of benzene rings is 1. The quantitative estimate of drug-likeness (QED) is 0.106. The van der Waals surface area contributed by atoms with Crippen molar-refractivity contribution in [3.63, 3.8) is 0 Å². The predicted octanol–water partition coefficient (Wildman–Crippen LogP) is 6.93. The number of carbonyl (C=O) groups excluding carboxylic acids is 1. The van der Waals surface area contributed by atoms with Crippen LogP contribution in [-0.4, -0.2) is 22.5 Å². The van der Waals surface area contributed by atoms with Crippen LogP contribution < -0.4 is 5.73 Å². The standard InChI is InChI=1S/C28H41NO3/c1-2-3-4-5-6-7-8-9-10-11-12-13-14-15-16-17-18-19-25(30)27-24(22-23-29)20-21-26(31)28(27)32/h6-7,9-10,12-13,15-16,20-21,31-32H,2-5,8,11,14,17-19,22-23,29H2,1H3/b7-6-,10-9-,13-12-,16-15-. The highest BCUT2D eigenvalue weighted by Gasteiger charge is 2.18. The van der Waals surface area contributed by atoms with Crippen LogP contribution in [0.1, 0.15) is 87.1 Å². The number of allylic oxidation sites excluding steroid dienone is 8. The van der Waals surface area contributed by atoms with Crippen molar-refractivity contribution in [1.29, 1.82) is 0 Å². The van der Waals surface area contributed by atoms with Gasteiger partial charge in [-0.2, -0.15) is 0 Å². The predicted molar refractivity (Wildman–Crippen MR) is 135 cm³/mol. The molecule has 0 fully saturated rings. The summed E-state index contributed by atoms with van der Waals surface area (Å²) < 4.78 is 0. The van der Waals surface area contributed by atoms with Gasteiger partial charge in [-0.15, -0.1) is 0 Å². The molecule has 0 aliphatic rings. The summed E-state index contributed by atoms with van der Waals surface area (Å²) in [7, 11) is 0. The summed E-state index contributed by atoms with van der Waals surface area (Å²) in [6.45, 7) is 2.61. The van der Waals surface area contributed by atoms with E-state index in [1.165, 1.54) is 31.7 Å². The number of hydrogen-bond donors (Lipinski definition) is 3. The van der Waals surface area contributed by atoms with E-state index in [9.17, 15) is 15.0 Å². The van der Waals surface area contributed by atoms with Crippen LogP contribution in [0.5, 0.6) is 11.5 Å². The first-order valence-corrected chi connectivity index (χ1v) is 12.0. The van der Waals surface area contributed by atoms with Crippen LogP contribution in [0, 0.1) is 0 Å². The van der Waals surface area contributed by atoms with Crippen molar-refractivity contribution in [1.82, 2.24) is 0 Å². The number of phenolic OH excluding ortho intramolecular Hbond substituents is 2. The number of Topliss-reactive ketones (excluding diaryl/α,β-unsaturated/α-hetero) is 1. The van der Waals surface area contributed by atoms with Crippen molar-refractivity contribution in [3.8, 4) is 11.5 Å². The maximum atomic E-state index is 12.5. The molecule has 0 amide bonds. The van der Waals surface area contributed by atoms with Gasteiger partial charge in [-0.1, -0.05) is 74.4 Å². The highest BCUT2D eigenvalue weighted by molar-refractivity contribution is 6.00. The lowest BCUT2D eigenvalue weighted by Gasteiger charge is -2.11. The minimum atomic E-state index is -0.335. The molecule has 0 aromatic heterocycles. The van der Waals surface area contributed by atoms with Gasteiger partial charge in [-0.25, -0.2) is 0 Å². The number of unbranched alkanes of at least 4 members (excludes halogenated alkanes) is 4. The van der Waals surface area contributed by atoms with Gasteiger partial charge in [0.25, 0.3) is 0 Å². The minimum absolute atomic E-state index is 0.155. The summed E-state index contributed by atoms with van der Waals surface area (Å²) in [5.74, 6) is -0.758. The van der Waals surface area contributed by atoms with E-state index >= 15 is 0 Å². The van der Waals surface area contributed by atoms with E-state index in [0.717, 1.165) is 25.7 Å². The van der Waals surface area contributed by atoms with Crippen LogP contribution in [0.15, 0.2) is 60.7 Å². The number of aromatic hydroxyl groups is 2. The summed E-state index contributed by atoms with van der Waals surface area (Å²) in [5.41, 5.74) is 6.48. The van der Waals surface area contributed by atoms with Crippen molar-refractivity contribution in [3.05, 3.63) is 71.9 Å². The van der Waals surface area contributed by atoms with E-state index in [0.29, 0.717) is 31.4 Å². The third-order valence-corrected chi connectivity index (χ3v) is 5.17. The summed E-state index contributed by atoms with van der Waals surface area (Å²) in [5, 5.41) is 19.8. The molecule has 4 nitrogen and oxygen atoms in total. The zero-order chi connectivity index (χ0) is 23.4. The lowest BCUT2D eigenvalue weighted by Crippen LogP contribution is -2.09. The number of nitrogens with two attached hydrogens (primary N) is 1. The summed E-state index contributed by atoms with van der Waals surface area (Å²) in [6, 6.07) is 3.05. The molecule has 4 heteroatoms. The third-order valence-electron chi connectivity index (χ3n) is 5.17. The van der Waals surface area contributed by atoms with Gasteiger partial charge in [-0.05, 0) is 69.5 Å². The molecule has 0 aliphatic heterocycles. The minimum Gasteiger partial charge on any atom is -0.504 e. The van der Waals surface area contributed by atoms with Crippen molar-refractivity contribution >= 4 is 5.78 Å². The Kier molecular flexibility index (Phi) is 15.5. The molecular weight excluding hydrogens is 398 g/mol. The Morgan fingerprint density at radius 1 is 0.844 bits per heavy atom. The number of carbonyl (C=O) groups is 1. The first-order chi connectivity index (χ1) is 15.6. The SMILES string of the molecule is CCCCC/C=C\C/C=C\C/C=C\C/C=C\CCCC(=O)c1c(CCN)ccc(O)c1O. The molecule has 4 N–H and O–H groups in total. The smallest absolute Gasteiger partial charge is 0.168 e. The Balaban J connectivity index is 2.21. The zero-order valence-electron chi connectivity index (χ0n) is 19.6. The highest BCUT2D eigenvalue weighted by Crippen LogP contribution is 2.32. The topological polar surface area (TPSA) is 83.6 Å². The normalized spacial score (nSPS) is 12.2. The Morgan fingerprint density at radius 3 is 1.97 bits per heavy atom. The first kappa shape index (κ1) is 27.4. The van der Waals surface area contributed by atoms with Gasteiger partial charge >= 0.3 is 0 Å². The Morgan fingerprint density at radius 2 is 1.41 bits per heavy atom. The lowest BCUT2D eigenvalue weighted by atomic mass is 9.96. The Labute approximate surface area is 194 Å². The van der Waals surface area contributed by atoms with E-state index in [1.54, 1.807) is 6.07 Å². The Hall–Kier alpha value is -2.59. The van der Waals surface area contributed by atoms with Crippen molar-refractivity contribution in [2.75, 3.05) is 6.54 Å². The molecule has 1 aromatic rings. The fourth-order valence-electron chi connectivity index (χ4n) is 3.36. The summed E-state index contributed by atoms with van der Waals surface area (Å²) in [6.07, 6.45) is 27.7.